The molecule has 0 radical (unpaired) electrons. The molecule has 0 aliphatic rings. The van der Waals surface area contributed by atoms with Crippen molar-refractivity contribution >= 4 is 43.2 Å². The van der Waals surface area contributed by atoms with E-state index >= 15 is 0 Å². The van der Waals surface area contributed by atoms with Gasteiger partial charge in [-0.3, -0.25) is 4.79 Å². The van der Waals surface area contributed by atoms with Crippen LogP contribution in [0.25, 0.3) is 10.2 Å². The number of aryl methyl sites for hydroxylation is 1. The average Bonchev–Trinajstić information content (AvgIpc) is 3.20. The Balaban J connectivity index is 1.64. The Morgan fingerprint density at radius 3 is 2.56 bits per heavy atom. The van der Waals surface area contributed by atoms with E-state index in [2.05, 4.69) is 10.3 Å². The Hall–Kier alpha value is -3.27. The number of aromatic nitrogens is 1. The zero-order valence-electron chi connectivity index (χ0n) is 18.9. The summed E-state index contributed by atoms with van der Waals surface area (Å²) in [5.74, 6) is 0.0724. The Kier molecular flexibility index (Phi) is 7.26. The number of fused-ring (bicyclic) bond motifs is 1. The molecule has 3 aromatic carbocycles. The van der Waals surface area contributed by atoms with Gasteiger partial charge in [0.25, 0.3) is 0 Å². The number of para-hydroxylation sites is 2. The van der Waals surface area contributed by atoms with Gasteiger partial charge < -0.3 is 10.1 Å². The third kappa shape index (κ3) is 5.44. The second kappa shape index (κ2) is 10.3. The lowest BCUT2D eigenvalue weighted by Gasteiger charge is -2.22. The van der Waals surface area contributed by atoms with Crippen molar-refractivity contribution in [2.45, 2.75) is 25.3 Å². The van der Waals surface area contributed by atoms with Gasteiger partial charge in [-0.25, -0.2) is 13.4 Å². The fourth-order valence-electron chi connectivity index (χ4n) is 3.54. The number of rotatable bonds is 9. The normalized spacial score (nSPS) is 11.6. The van der Waals surface area contributed by atoms with E-state index in [1.807, 2.05) is 50.2 Å². The summed E-state index contributed by atoms with van der Waals surface area (Å²) < 4.78 is 34.8. The summed E-state index contributed by atoms with van der Waals surface area (Å²) in [6.45, 7) is 3.89. The third-order valence-corrected chi connectivity index (χ3v) is 7.81. The van der Waals surface area contributed by atoms with Crippen molar-refractivity contribution in [2.24, 2.45) is 0 Å². The quantitative estimate of drug-likeness (QED) is 0.359. The van der Waals surface area contributed by atoms with E-state index in [1.165, 1.54) is 21.7 Å². The molecule has 0 spiro atoms. The molecule has 0 aliphatic heterocycles. The number of sulfonamides is 1. The SMILES string of the molecule is CCOc1ccccc1NC(=O)CN(Cc1ccccc1)S(=O)(=O)c1ccc2nc(C)sc2c1. The molecule has 1 N–H and O–H groups in total. The zero-order valence-corrected chi connectivity index (χ0v) is 20.5. The number of ether oxygens (including phenoxy) is 1. The lowest BCUT2D eigenvalue weighted by atomic mass is 10.2. The fourth-order valence-corrected chi connectivity index (χ4v) is 5.90. The van der Waals surface area contributed by atoms with E-state index in [-0.39, 0.29) is 18.0 Å². The highest BCUT2D eigenvalue weighted by Crippen LogP contribution is 2.28. The molecule has 0 fully saturated rings. The molecule has 4 rings (SSSR count). The molecule has 0 bridgehead atoms. The van der Waals surface area contributed by atoms with E-state index in [4.69, 9.17) is 4.74 Å². The molecule has 0 atom stereocenters. The minimum Gasteiger partial charge on any atom is -0.492 e. The first-order chi connectivity index (χ1) is 16.4. The fraction of sp³-hybridized carbons (Fsp3) is 0.200. The molecule has 0 aliphatic carbocycles. The van der Waals surface area contributed by atoms with Crippen LogP contribution in [-0.4, -0.2) is 36.8 Å². The summed E-state index contributed by atoms with van der Waals surface area (Å²) in [6, 6.07) is 21.1. The smallest absolute Gasteiger partial charge is 0.243 e. The molecule has 1 amide bonds. The Morgan fingerprint density at radius 2 is 1.79 bits per heavy atom. The number of thiazole rings is 1. The van der Waals surface area contributed by atoms with Crippen molar-refractivity contribution in [3.8, 4) is 5.75 Å². The van der Waals surface area contributed by atoms with Crippen molar-refractivity contribution in [2.75, 3.05) is 18.5 Å². The minimum atomic E-state index is -3.97. The highest BCUT2D eigenvalue weighted by molar-refractivity contribution is 7.89. The summed E-state index contributed by atoms with van der Waals surface area (Å²) in [4.78, 5) is 17.5. The van der Waals surface area contributed by atoms with Gasteiger partial charge in [0.2, 0.25) is 15.9 Å². The first-order valence-electron chi connectivity index (χ1n) is 10.8. The maximum absolute atomic E-state index is 13.7. The van der Waals surface area contributed by atoms with Gasteiger partial charge in [0, 0.05) is 6.54 Å². The topological polar surface area (TPSA) is 88.6 Å². The number of carbonyl (C=O) groups is 1. The van der Waals surface area contributed by atoms with Crippen molar-refractivity contribution in [1.29, 1.82) is 0 Å². The van der Waals surface area contributed by atoms with Gasteiger partial charge in [0.1, 0.15) is 5.75 Å². The van der Waals surface area contributed by atoms with Gasteiger partial charge in [-0.15, -0.1) is 11.3 Å². The van der Waals surface area contributed by atoms with Crippen LogP contribution in [0.1, 0.15) is 17.5 Å². The third-order valence-electron chi connectivity index (χ3n) is 5.09. The Labute approximate surface area is 203 Å². The first kappa shape index (κ1) is 23.9. The number of hydrogen-bond donors (Lipinski definition) is 1. The lowest BCUT2D eigenvalue weighted by Crippen LogP contribution is -2.37. The van der Waals surface area contributed by atoms with Crippen LogP contribution >= 0.6 is 11.3 Å². The van der Waals surface area contributed by atoms with Crippen molar-refractivity contribution in [3.05, 3.63) is 83.4 Å². The summed E-state index contributed by atoms with van der Waals surface area (Å²) >= 11 is 1.43. The Morgan fingerprint density at radius 1 is 1.06 bits per heavy atom. The summed E-state index contributed by atoms with van der Waals surface area (Å²) in [5, 5.41) is 3.65. The number of benzene rings is 3. The van der Waals surface area contributed by atoms with Crippen LogP contribution in [0.5, 0.6) is 5.75 Å². The van der Waals surface area contributed by atoms with E-state index in [0.29, 0.717) is 18.0 Å². The average molecular weight is 496 g/mol. The lowest BCUT2D eigenvalue weighted by molar-refractivity contribution is -0.116. The monoisotopic (exact) mass is 495 g/mol. The second-order valence-electron chi connectivity index (χ2n) is 7.60. The molecule has 0 unspecified atom stereocenters. The minimum absolute atomic E-state index is 0.0590. The van der Waals surface area contributed by atoms with Gasteiger partial charge in [-0.1, -0.05) is 42.5 Å². The van der Waals surface area contributed by atoms with E-state index < -0.39 is 15.9 Å². The van der Waals surface area contributed by atoms with Crippen LogP contribution in [0.3, 0.4) is 0 Å². The molecule has 34 heavy (non-hydrogen) atoms. The van der Waals surface area contributed by atoms with Gasteiger partial charge in [0.15, 0.2) is 0 Å². The molecule has 1 aromatic heterocycles. The summed E-state index contributed by atoms with van der Waals surface area (Å²) in [5.41, 5.74) is 2.03. The molecule has 176 valence electrons. The predicted octanol–water partition coefficient (Wildman–Crippen LogP) is 4.83. The molecular formula is C25H25N3O4S2. The molecule has 0 saturated carbocycles. The highest BCUT2D eigenvalue weighted by Gasteiger charge is 2.28. The van der Waals surface area contributed by atoms with Crippen molar-refractivity contribution in [3.63, 3.8) is 0 Å². The van der Waals surface area contributed by atoms with Gasteiger partial charge >= 0.3 is 0 Å². The molecule has 1 heterocycles. The Bertz CT molecular complexity index is 1400. The number of nitrogens with zero attached hydrogens (tertiary/aromatic N) is 2. The number of carbonyl (C=O) groups excluding carboxylic acids is 1. The van der Waals surface area contributed by atoms with E-state index in [1.54, 1.807) is 30.3 Å². The predicted molar refractivity (Wildman–Crippen MR) is 135 cm³/mol. The zero-order chi connectivity index (χ0) is 24.1. The summed E-state index contributed by atoms with van der Waals surface area (Å²) in [7, 11) is -3.97. The van der Waals surface area contributed by atoms with Crippen LogP contribution in [0, 0.1) is 6.92 Å². The van der Waals surface area contributed by atoms with Gasteiger partial charge in [-0.2, -0.15) is 4.31 Å². The van der Waals surface area contributed by atoms with Gasteiger partial charge in [-0.05, 0) is 49.7 Å². The van der Waals surface area contributed by atoms with Gasteiger partial charge in [0.05, 0.1) is 39.0 Å². The number of anilines is 1. The van der Waals surface area contributed by atoms with Crippen LogP contribution in [-0.2, 0) is 21.4 Å². The molecule has 7 nitrogen and oxygen atoms in total. The van der Waals surface area contributed by atoms with E-state index in [0.717, 1.165) is 20.8 Å². The standard InChI is InChI=1S/C25H25N3O4S2/c1-3-32-23-12-8-7-11-21(23)27-25(29)17-28(16-19-9-5-4-6-10-19)34(30,31)20-13-14-22-24(15-20)33-18(2)26-22/h4-15H,3,16-17H2,1-2H3,(H,27,29). The number of hydrogen-bond acceptors (Lipinski definition) is 6. The van der Waals surface area contributed by atoms with Crippen molar-refractivity contribution < 1.29 is 17.9 Å². The maximum atomic E-state index is 13.7. The van der Waals surface area contributed by atoms with E-state index in [9.17, 15) is 13.2 Å². The molecule has 9 heteroatoms. The van der Waals surface area contributed by atoms with Crippen LogP contribution in [0.2, 0.25) is 0 Å². The molecular weight excluding hydrogens is 470 g/mol. The number of amides is 1. The first-order valence-corrected chi connectivity index (χ1v) is 13.1. The summed E-state index contributed by atoms with van der Waals surface area (Å²) in [6.07, 6.45) is 0. The molecule has 0 saturated heterocycles. The van der Waals surface area contributed by atoms with Crippen LogP contribution in [0.4, 0.5) is 5.69 Å². The maximum Gasteiger partial charge on any atom is 0.243 e. The second-order valence-corrected chi connectivity index (χ2v) is 10.8. The molecule has 4 aromatic rings. The van der Waals surface area contributed by atoms with Crippen molar-refractivity contribution in [1.82, 2.24) is 9.29 Å². The highest BCUT2D eigenvalue weighted by atomic mass is 32.2. The largest absolute Gasteiger partial charge is 0.492 e. The van der Waals surface area contributed by atoms with Crippen LogP contribution in [0.15, 0.2) is 77.7 Å². The van der Waals surface area contributed by atoms with Crippen LogP contribution < -0.4 is 10.1 Å². The number of nitrogens with one attached hydrogen (secondary N) is 1.